The zero-order chi connectivity index (χ0) is 12.0. The molecular weight excluding hydrogens is 202 g/mol. The van der Waals surface area contributed by atoms with E-state index in [4.69, 9.17) is 0 Å². The van der Waals surface area contributed by atoms with Crippen molar-refractivity contribution in [1.29, 1.82) is 0 Å². The molecule has 3 heteroatoms. The van der Waals surface area contributed by atoms with Crippen LogP contribution in [0.5, 0.6) is 0 Å². The number of nitrogens with one attached hydrogen (secondary N) is 1. The monoisotopic (exact) mass is 217 g/mol. The van der Waals surface area contributed by atoms with Crippen molar-refractivity contribution >= 4 is 24.0 Å². The van der Waals surface area contributed by atoms with E-state index in [0.717, 1.165) is 11.3 Å². The lowest BCUT2D eigenvalue weighted by atomic mass is 10.1. The van der Waals surface area contributed by atoms with Crippen LogP contribution in [0.1, 0.15) is 19.4 Å². The number of anilines is 1. The molecule has 1 N–H and O–H groups in total. The van der Waals surface area contributed by atoms with Gasteiger partial charge >= 0.3 is 0 Å². The first kappa shape index (κ1) is 12.2. The predicted molar refractivity (Wildman–Crippen MR) is 65.0 cm³/mol. The summed E-state index contributed by atoms with van der Waals surface area (Å²) in [6, 6.07) is 7.35. The predicted octanol–water partition coefficient (Wildman–Crippen LogP) is 2.49. The van der Waals surface area contributed by atoms with E-state index in [9.17, 15) is 9.59 Å². The third-order valence-corrected chi connectivity index (χ3v) is 2.10. The standard InChI is InChI=1S/C13H15NO2/c1-10(2)13(16)14-12-8-4-3-6-11(12)7-5-9-15/h3-10H,1-2H3,(H,14,16)/b7-5+. The number of hydrogen-bond donors (Lipinski definition) is 1. The van der Waals surface area contributed by atoms with Crippen molar-refractivity contribution in [3.05, 3.63) is 35.9 Å². The Morgan fingerprint density at radius 3 is 2.62 bits per heavy atom. The Kier molecular flexibility index (Phi) is 4.45. The molecule has 0 aliphatic heterocycles. The number of para-hydroxylation sites is 1. The van der Waals surface area contributed by atoms with E-state index < -0.39 is 0 Å². The largest absolute Gasteiger partial charge is 0.325 e. The molecule has 0 aliphatic carbocycles. The zero-order valence-electron chi connectivity index (χ0n) is 9.44. The van der Waals surface area contributed by atoms with Gasteiger partial charge in [-0.3, -0.25) is 9.59 Å². The molecule has 0 aliphatic rings. The van der Waals surface area contributed by atoms with Crippen LogP contribution in [0.15, 0.2) is 30.3 Å². The van der Waals surface area contributed by atoms with Crippen LogP contribution in [-0.2, 0) is 9.59 Å². The van der Waals surface area contributed by atoms with Gasteiger partial charge in [-0.2, -0.15) is 0 Å². The van der Waals surface area contributed by atoms with Gasteiger partial charge in [-0.25, -0.2) is 0 Å². The molecule has 3 nitrogen and oxygen atoms in total. The number of benzene rings is 1. The summed E-state index contributed by atoms with van der Waals surface area (Å²) >= 11 is 0. The minimum Gasteiger partial charge on any atom is -0.325 e. The van der Waals surface area contributed by atoms with Crippen LogP contribution in [0, 0.1) is 5.92 Å². The topological polar surface area (TPSA) is 46.2 Å². The van der Waals surface area contributed by atoms with Gasteiger partial charge in [0.15, 0.2) is 0 Å². The summed E-state index contributed by atoms with van der Waals surface area (Å²) in [4.78, 5) is 21.8. The van der Waals surface area contributed by atoms with E-state index in [1.165, 1.54) is 6.08 Å². The lowest BCUT2D eigenvalue weighted by Gasteiger charge is -2.10. The quantitative estimate of drug-likeness (QED) is 0.622. The van der Waals surface area contributed by atoms with Gasteiger partial charge < -0.3 is 5.32 Å². The van der Waals surface area contributed by atoms with Crippen molar-refractivity contribution in [2.75, 3.05) is 5.32 Å². The Bertz CT molecular complexity index is 408. The van der Waals surface area contributed by atoms with Crippen LogP contribution in [0.2, 0.25) is 0 Å². The number of allylic oxidation sites excluding steroid dienone is 1. The summed E-state index contributed by atoms with van der Waals surface area (Å²) in [6.07, 6.45) is 3.78. The highest BCUT2D eigenvalue weighted by atomic mass is 16.1. The van der Waals surface area contributed by atoms with Crippen LogP contribution in [-0.4, -0.2) is 12.2 Å². The summed E-state index contributed by atoms with van der Waals surface area (Å²) in [7, 11) is 0. The highest BCUT2D eigenvalue weighted by molar-refractivity contribution is 5.94. The number of rotatable bonds is 4. The first-order chi connectivity index (χ1) is 7.65. The highest BCUT2D eigenvalue weighted by Gasteiger charge is 2.08. The third kappa shape index (κ3) is 3.35. The van der Waals surface area contributed by atoms with Crippen LogP contribution < -0.4 is 5.32 Å². The molecule has 0 heterocycles. The van der Waals surface area contributed by atoms with E-state index in [1.807, 2.05) is 38.1 Å². The highest BCUT2D eigenvalue weighted by Crippen LogP contribution is 2.17. The second-order valence-electron chi connectivity index (χ2n) is 3.73. The van der Waals surface area contributed by atoms with E-state index in [0.29, 0.717) is 6.29 Å². The second-order valence-corrected chi connectivity index (χ2v) is 3.73. The maximum Gasteiger partial charge on any atom is 0.226 e. The van der Waals surface area contributed by atoms with E-state index in [1.54, 1.807) is 6.08 Å². The second kappa shape index (κ2) is 5.85. The van der Waals surface area contributed by atoms with E-state index >= 15 is 0 Å². The average molecular weight is 217 g/mol. The molecule has 1 amide bonds. The molecule has 1 aromatic rings. The minimum atomic E-state index is -0.0666. The Balaban J connectivity index is 2.90. The third-order valence-electron chi connectivity index (χ3n) is 2.10. The number of carbonyl (C=O) groups is 2. The molecular formula is C13H15NO2. The molecule has 0 spiro atoms. The van der Waals surface area contributed by atoms with E-state index in [-0.39, 0.29) is 11.8 Å². The SMILES string of the molecule is CC(C)C(=O)Nc1ccccc1/C=C/C=O. The smallest absolute Gasteiger partial charge is 0.226 e. The van der Waals surface area contributed by atoms with Crippen molar-refractivity contribution < 1.29 is 9.59 Å². The van der Waals surface area contributed by atoms with Crippen molar-refractivity contribution in [3.8, 4) is 0 Å². The van der Waals surface area contributed by atoms with Crippen molar-refractivity contribution in [2.45, 2.75) is 13.8 Å². The van der Waals surface area contributed by atoms with E-state index in [2.05, 4.69) is 5.32 Å². The Morgan fingerprint density at radius 2 is 2.00 bits per heavy atom. The van der Waals surface area contributed by atoms with Gasteiger partial charge in [0.2, 0.25) is 5.91 Å². The zero-order valence-corrected chi connectivity index (χ0v) is 9.44. The Labute approximate surface area is 95.2 Å². The normalized spacial score (nSPS) is 10.7. The molecule has 84 valence electrons. The number of carbonyl (C=O) groups excluding carboxylic acids is 2. The molecule has 16 heavy (non-hydrogen) atoms. The molecule has 1 rings (SSSR count). The van der Waals surface area contributed by atoms with Crippen molar-refractivity contribution in [2.24, 2.45) is 5.92 Å². The molecule has 0 atom stereocenters. The summed E-state index contributed by atoms with van der Waals surface area (Å²) in [6.45, 7) is 3.67. The summed E-state index contributed by atoms with van der Waals surface area (Å²) in [5.74, 6) is -0.102. The van der Waals surface area contributed by atoms with Gasteiger partial charge in [-0.1, -0.05) is 32.0 Å². The van der Waals surface area contributed by atoms with Crippen molar-refractivity contribution in [1.82, 2.24) is 0 Å². The fourth-order valence-corrected chi connectivity index (χ4v) is 1.18. The molecule has 0 unspecified atom stereocenters. The Morgan fingerprint density at radius 1 is 1.31 bits per heavy atom. The summed E-state index contributed by atoms with van der Waals surface area (Å²) in [5, 5.41) is 2.81. The molecule has 0 saturated heterocycles. The number of hydrogen-bond acceptors (Lipinski definition) is 2. The lowest BCUT2D eigenvalue weighted by Crippen LogP contribution is -2.18. The summed E-state index contributed by atoms with van der Waals surface area (Å²) < 4.78 is 0. The first-order valence-corrected chi connectivity index (χ1v) is 5.17. The first-order valence-electron chi connectivity index (χ1n) is 5.17. The average Bonchev–Trinajstić information content (AvgIpc) is 2.27. The van der Waals surface area contributed by atoms with Gasteiger partial charge in [0.05, 0.1) is 0 Å². The fraction of sp³-hybridized carbons (Fsp3) is 0.231. The molecule has 0 radical (unpaired) electrons. The van der Waals surface area contributed by atoms with Crippen LogP contribution in [0.3, 0.4) is 0 Å². The maximum atomic E-state index is 11.5. The maximum absolute atomic E-state index is 11.5. The van der Waals surface area contributed by atoms with Gasteiger partial charge in [0, 0.05) is 11.6 Å². The van der Waals surface area contributed by atoms with Crippen molar-refractivity contribution in [3.63, 3.8) is 0 Å². The lowest BCUT2D eigenvalue weighted by molar-refractivity contribution is -0.118. The molecule has 0 fully saturated rings. The van der Waals surface area contributed by atoms with Crippen LogP contribution >= 0.6 is 0 Å². The van der Waals surface area contributed by atoms with Gasteiger partial charge in [0.1, 0.15) is 6.29 Å². The molecule has 0 bridgehead atoms. The molecule has 0 aromatic heterocycles. The van der Waals surface area contributed by atoms with Gasteiger partial charge in [0.25, 0.3) is 0 Å². The van der Waals surface area contributed by atoms with Gasteiger partial charge in [-0.15, -0.1) is 0 Å². The number of aldehydes is 1. The van der Waals surface area contributed by atoms with Crippen LogP contribution in [0.25, 0.3) is 6.08 Å². The fourth-order valence-electron chi connectivity index (χ4n) is 1.18. The summed E-state index contributed by atoms with van der Waals surface area (Å²) in [5.41, 5.74) is 1.54. The van der Waals surface area contributed by atoms with Gasteiger partial charge in [-0.05, 0) is 23.8 Å². The molecule has 1 aromatic carbocycles. The Hall–Kier alpha value is -1.90. The molecule has 0 saturated carbocycles. The van der Waals surface area contributed by atoms with Crippen LogP contribution in [0.4, 0.5) is 5.69 Å². The minimum absolute atomic E-state index is 0.0352. The number of amides is 1.